The fourth-order valence-electron chi connectivity index (χ4n) is 8.28. The molecule has 19 nitrogen and oxygen atoms in total. The van der Waals surface area contributed by atoms with Gasteiger partial charge in [0, 0.05) is 46.1 Å². The lowest BCUT2D eigenvalue weighted by atomic mass is 9.68. The highest BCUT2D eigenvalue weighted by atomic mass is 32.2. The topological polar surface area (TPSA) is 248 Å². The average molecular weight is 931 g/mol. The Kier molecular flexibility index (Phi) is 17.8. The largest absolute Gasteiger partial charge is 0.443 e. The standard InChI is InChI=1S/C44H63FN8O11S/c1-27(2)8-13-33-43(4,64-33)36-35(58-5)32(14-15-44(36)26-62-44)63-42(57)48-17-7-19-60-21-23-61-22-20-59-18-6-16-47-38(55)31(49-28(3)54)25-65-41-50-34-37(51-40(46)52-39(34)56)53(41)24-29-9-11-30(45)12-10-29/h8-12,31-33,35-36H,6-7,13-26H2,1-5H3,(H,47,55)(H,48,57)(H,49,54)(H3,46,51,52,56)/t31-,32+,33+,35+,36?,43-,44-/m0/s1. The van der Waals surface area contributed by atoms with Crippen LogP contribution in [0.25, 0.3) is 11.2 Å². The number of benzene rings is 1. The number of carbonyl (C=O) groups excluding carboxylic acids is 3. The number of aromatic amines is 1. The fraction of sp³-hybridized carbons (Fsp3) is 0.636. The summed E-state index contributed by atoms with van der Waals surface area (Å²) in [6, 6.07) is 4.95. The van der Waals surface area contributed by atoms with Crippen LogP contribution in [0.15, 0.2) is 45.9 Å². The molecule has 65 heavy (non-hydrogen) atoms. The summed E-state index contributed by atoms with van der Waals surface area (Å²) in [7, 11) is 1.66. The number of nitrogen functional groups attached to an aromatic ring is 1. The molecule has 3 amide bonds. The van der Waals surface area contributed by atoms with Crippen LogP contribution in [-0.4, -0.2) is 145 Å². The van der Waals surface area contributed by atoms with Crippen LogP contribution in [0, 0.1) is 11.7 Å². The van der Waals surface area contributed by atoms with Crippen LogP contribution in [0.3, 0.4) is 0 Å². The maximum atomic E-state index is 13.6. The van der Waals surface area contributed by atoms with Gasteiger partial charge in [0.05, 0.1) is 51.6 Å². The zero-order valence-electron chi connectivity index (χ0n) is 37.8. The molecule has 0 bridgehead atoms. The summed E-state index contributed by atoms with van der Waals surface area (Å²) in [6.07, 6.45) is 4.44. The van der Waals surface area contributed by atoms with E-state index < -0.39 is 47.0 Å². The molecule has 358 valence electrons. The van der Waals surface area contributed by atoms with Crippen molar-refractivity contribution in [3.8, 4) is 0 Å². The molecular formula is C44H63FN8O11S. The molecule has 1 spiro atoms. The minimum absolute atomic E-state index is 0.0382. The number of H-pyrrole nitrogens is 1. The van der Waals surface area contributed by atoms with Gasteiger partial charge in [-0.2, -0.15) is 4.98 Å². The van der Waals surface area contributed by atoms with E-state index in [0.29, 0.717) is 83.8 Å². The molecule has 3 fully saturated rings. The first kappa shape index (κ1) is 49.8. The monoisotopic (exact) mass is 930 g/mol. The average Bonchev–Trinajstić information content (AvgIpc) is 4.15. The Labute approximate surface area is 381 Å². The van der Waals surface area contributed by atoms with E-state index in [0.717, 1.165) is 30.2 Å². The SMILES string of the molecule is CO[C@H]1C([C@@]2(C)O[C@@H]2CC=C(C)C)[C@]2(CC[C@H]1OC(=O)NCCCOCCOCCOCCCNC(=O)[C@H](CSc1nc3c(=O)[nH]c(N)nc3n1Cc1ccc(F)cc1)NC(C)=O)CO2. The van der Waals surface area contributed by atoms with Gasteiger partial charge in [-0.1, -0.05) is 35.5 Å². The Morgan fingerprint density at radius 1 is 1.03 bits per heavy atom. The lowest BCUT2D eigenvalue weighted by Crippen LogP contribution is -2.56. The van der Waals surface area contributed by atoms with Crippen molar-refractivity contribution in [3.63, 3.8) is 0 Å². The molecule has 3 aliphatic rings. The first-order chi connectivity index (χ1) is 31.2. The summed E-state index contributed by atoms with van der Waals surface area (Å²) in [5.74, 6) is -1.22. The molecule has 1 aliphatic carbocycles. The van der Waals surface area contributed by atoms with Crippen LogP contribution < -0.4 is 27.2 Å². The van der Waals surface area contributed by atoms with Crippen LogP contribution >= 0.6 is 11.8 Å². The molecule has 2 aromatic heterocycles. The molecule has 0 radical (unpaired) electrons. The Balaban J connectivity index is 0.803. The molecule has 1 aromatic carbocycles. The molecule has 3 aromatic rings. The van der Waals surface area contributed by atoms with E-state index in [-0.39, 0.29) is 53.1 Å². The van der Waals surface area contributed by atoms with E-state index >= 15 is 0 Å². The van der Waals surface area contributed by atoms with Gasteiger partial charge in [-0.3, -0.25) is 23.9 Å². The van der Waals surface area contributed by atoms with Crippen LogP contribution in [0.2, 0.25) is 0 Å². The number of halogens is 1. The minimum atomic E-state index is -0.912. The van der Waals surface area contributed by atoms with Crippen molar-refractivity contribution >= 4 is 46.8 Å². The number of anilines is 1. The van der Waals surface area contributed by atoms with Crippen LogP contribution in [0.1, 0.15) is 65.4 Å². The smallest absolute Gasteiger partial charge is 0.407 e. The van der Waals surface area contributed by atoms with Gasteiger partial charge in [0.25, 0.3) is 5.56 Å². The van der Waals surface area contributed by atoms with Gasteiger partial charge in [0.15, 0.2) is 16.3 Å². The number of epoxide rings is 2. The molecule has 6 rings (SSSR count). The number of nitrogens with two attached hydrogens (primary N) is 1. The van der Waals surface area contributed by atoms with Crippen molar-refractivity contribution in [3.05, 3.63) is 57.6 Å². The van der Waals surface area contributed by atoms with Gasteiger partial charge in [0.1, 0.15) is 35.3 Å². The molecule has 6 N–H and O–H groups in total. The van der Waals surface area contributed by atoms with Gasteiger partial charge >= 0.3 is 6.09 Å². The van der Waals surface area contributed by atoms with E-state index in [1.165, 1.54) is 24.6 Å². The lowest BCUT2D eigenvalue weighted by molar-refractivity contribution is -0.127. The van der Waals surface area contributed by atoms with Crippen molar-refractivity contribution < 1.29 is 51.9 Å². The third-order valence-electron chi connectivity index (χ3n) is 11.7. The quantitative estimate of drug-likeness (QED) is 0.0336. The number of imidazole rings is 1. The van der Waals surface area contributed by atoms with E-state index in [1.54, 1.807) is 23.8 Å². The predicted molar refractivity (Wildman–Crippen MR) is 239 cm³/mol. The fourth-order valence-corrected chi connectivity index (χ4v) is 9.30. The van der Waals surface area contributed by atoms with Crippen molar-refractivity contribution in [1.29, 1.82) is 0 Å². The number of hydrogen-bond donors (Lipinski definition) is 5. The zero-order valence-corrected chi connectivity index (χ0v) is 38.6. The Morgan fingerprint density at radius 2 is 1.69 bits per heavy atom. The number of fused-ring (bicyclic) bond motifs is 1. The van der Waals surface area contributed by atoms with Gasteiger partial charge in [-0.05, 0) is 70.6 Å². The summed E-state index contributed by atoms with van der Waals surface area (Å²) in [5, 5.41) is 8.69. The third kappa shape index (κ3) is 13.7. The van der Waals surface area contributed by atoms with Crippen LogP contribution in [0.5, 0.6) is 0 Å². The highest BCUT2D eigenvalue weighted by molar-refractivity contribution is 7.99. The highest BCUT2D eigenvalue weighted by Crippen LogP contribution is 2.59. The van der Waals surface area contributed by atoms with E-state index in [2.05, 4.69) is 57.7 Å². The number of thioether (sulfide) groups is 1. The van der Waals surface area contributed by atoms with E-state index in [4.69, 9.17) is 38.9 Å². The summed E-state index contributed by atoms with van der Waals surface area (Å²) >= 11 is 1.15. The van der Waals surface area contributed by atoms with Crippen molar-refractivity contribution in [2.75, 3.05) is 77.9 Å². The van der Waals surface area contributed by atoms with Gasteiger partial charge in [-0.15, -0.1) is 0 Å². The summed E-state index contributed by atoms with van der Waals surface area (Å²) < 4.78 is 56.2. The molecule has 1 saturated carbocycles. The number of rotatable bonds is 26. The molecule has 2 saturated heterocycles. The molecule has 7 atom stereocenters. The summed E-state index contributed by atoms with van der Waals surface area (Å²) in [6.45, 7) is 11.5. The number of ether oxygens (including phenoxy) is 7. The van der Waals surface area contributed by atoms with Gasteiger partial charge < -0.3 is 54.8 Å². The number of amides is 3. The lowest BCUT2D eigenvalue weighted by Gasteiger charge is -2.42. The number of hydrogen-bond acceptors (Lipinski definition) is 15. The molecule has 2 aliphatic heterocycles. The van der Waals surface area contributed by atoms with E-state index in [9.17, 15) is 23.6 Å². The Hall–Kier alpha value is -4.64. The maximum Gasteiger partial charge on any atom is 0.407 e. The van der Waals surface area contributed by atoms with Crippen molar-refractivity contribution in [2.45, 2.75) is 107 Å². The maximum absolute atomic E-state index is 13.6. The number of nitrogens with zero attached hydrogens (tertiary/aromatic N) is 3. The number of allylic oxidation sites excluding steroid dienone is 1. The molecule has 21 heteroatoms. The van der Waals surface area contributed by atoms with Crippen molar-refractivity contribution in [2.24, 2.45) is 5.92 Å². The minimum Gasteiger partial charge on any atom is -0.443 e. The normalized spacial score (nSPS) is 23.8. The number of nitrogens with one attached hydrogen (secondary N) is 4. The summed E-state index contributed by atoms with van der Waals surface area (Å²) in [4.78, 5) is 61.7. The molecule has 4 heterocycles. The predicted octanol–water partition coefficient (Wildman–Crippen LogP) is 3.23. The summed E-state index contributed by atoms with van der Waals surface area (Å²) in [5.41, 5.74) is 6.86. The van der Waals surface area contributed by atoms with Gasteiger partial charge in [-0.25, -0.2) is 14.2 Å². The number of alkyl carbamates (subject to hydrolysis) is 1. The first-order valence-electron chi connectivity index (χ1n) is 22.1. The van der Waals surface area contributed by atoms with Crippen LogP contribution in [-0.2, 0) is 49.3 Å². The number of carbonyl (C=O) groups is 3. The van der Waals surface area contributed by atoms with Crippen LogP contribution in [0.4, 0.5) is 15.1 Å². The molecule has 1 unspecified atom stereocenters. The zero-order chi connectivity index (χ0) is 46.6. The van der Waals surface area contributed by atoms with Gasteiger partial charge in [0.2, 0.25) is 17.8 Å². The van der Waals surface area contributed by atoms with E-state index in [1.807, 2.05) is 0 Å². The Morgan fingerprint density at radius 3 is 2.32 bits per heavy atom. The second-order valence-corrected chi connectivity index (χ2v) is 17.9. The number of methoxy groups -OCH3 is 1. The Bertz CT molecular complexity index is 2170. The third-order valence-corrected chi connectivity index (χ3v) is 12.7. The number of aromatic nitrogens is 4. The second-order valence-electron chi connectivity index (χ2n) is 16.9. The second kappa shape index (κ2) is 23.2. The molecular weight excluding hydrogens is 868 g/mol. The highest BCUT2D eigenvalue weighted by Gasteiger charge is 2.72. The van der Waals surface area contributed by atoms with Crippen molar-refractivity contribution in [1.82, 2.24) is 35.5 Å². The first-order valence-corrected chi connectivity index (χ1v) is 23.0.